The average molecular weight is 338 g/mol. The van der Waals surface area contributed by atoms with Crippen LogP contribution in [-0.2, 0) is 14.0 Å². The fourth-order valence-electron chi connectivity index (χ4n) is 4.07. The van der Waals surface area contributed by atoms with E-state index in [4.69, 9.17) is 14.0 Å². The molecule has 0 amide bonds. The van der Waals surface area contributed by atoms with Crippen molar-refractivity contribution in [3.8, 4) is 0 Å². The summed E-state index contributed by atoms with van der Waals surface area (Å²) in [5.74, 6) is 1.55. The lowest BCUT2D eigenvalue weighted by molar-refractivity contribution is 0.00578. The lowest BCUT2D eigenvalue weighted by Crippen LogP contribution is -2.41. The van der Waals surface area contributed by atoms with Crippen LogP contribution in [0.2, 0.25) is 0 Å². The van der Waals surface area contributed by atoms with Gasteiger partial charge in [0, 0.05) is 13.2 Å². The van der Waals surface area contributed by atoms with Crippen LogP contribution in [0.3, 0.4) is 0 Å². The van der Waals surface area contributed by atoms with Gasteiger partial charge in [0.05, 0.1) is 11.2 Å². The van der Waals surface area contributed by atoms with Crippen molar-refractivity contribution in [1.29, 1.82) is 0 Å². The predicted octanol–water partition coefficient (Wildman–Crippen LogP) is 4.85. The highest BCUT2D eigenvalue weighted by atomic mass is 19.1. The third-order valence-corrected chi connectivity index (χ3v) is 6.51. The minimum Gasteiger partial charge on any atom is -0.398 e. The van der Waals surface area contributed by atoms with E-state index in [1.165, 1.54) is 19.3 Å². The average Bonchev–Trinajstić information content (AvgIpc) is 2.76. The van der Waals surface area contributed by atoms with Crippen LogP contribution in [0.5, 0.6) is 0 Å². The summed E-state index contributed by atoms with van der Waals surface area (Å²) in [5.41, 5.74) is -0.207. The Kier molecular flexibility index (Phi) is 5.43. The van der Waals surface area contributed by atoms with Crippen molar-refractivity contribution >= 4 is 7.12 Å². The first-order chi connectivity index (χ1) is 11.3. The summed E-state index contributed by atoms with van der Waals surface area (Å²) < 4.78 is 32.0. The maximum absolute atomic E-state index is 14.9. The van der Waals surface area contributed by atoms with Gasteiger partial charge in [-0.25, -0.2) is 4.39 Å². The Balaban J connectivity index is 1.54. The number of hydrogen-bond donors (Lipinski definition) is 0. The van der Waals surface area contributed by atoms with Crippen molar-refractivity contribution in [2.24, 2.45) is 11.8 Å². The maximum Gasteiger partial charge on any atom is 0.525 e. The molecule has 2 aliphatic heterocycles. The quantitative estimate of drug-likeness (QED) is 0.689. The van der Waals surface area contributed by atoms with E-state index in [0.717, 1.165) is 56.3 Å². The van der Waals surface area contributed by atoms with Crippen molar-refractivity contribution in [3.05, 3.63) is 11.3 Å². The van der Waals surface area contributed by atoms with Crippen molar-refractivity contribution in [2.45, 2.75) is 83.8 Å². The molecule has 3 fully saturated rings. The molecule has 3 aliphatic rings. The van der Waals surface area contributed by atoms with Gasteiger partial charge in [0.25, 0.3) is 0 Å². The first-order valence-corrected chi connectivity index (χ1v) is 9.59. The van der Waals surface area contributed by atoms with E-state index in [9.17, 15) is 4.39 Å². The second kappa shape index (κ2) is 7.09. The van der Waals surface area contributed by atoms with Crippen molar-refractivity contribution in [3.63, 3.8) is 0 Å². The van der Waals surface area contributed by atoms with Crippen molar-refractivity contribution < 1.29 is 18.4 Å². The molecule has 0 spiro atoms. The molecule has 5 heteroatoms. The van der Waals surface area contributed by atoms with Crippen molar-refractivity contribution in [1.82, 2.24) is 0 Å². The van der Waals surface area contributed by atoms with Crippen LogP contribution in [0.4, 0.5) is 4.39 Å². The third kappa shape index (κ3) is 3.89. The van der Waals surface area contributed by atoms with Gasteiger partial charge in [-0.2, -0.15) is 0 Å². The molecule has 0 aromatic carbocycles. The van der Waals surface area contributed by atoms with E-state index in [-0.39, 0.29) is 5.73 Å². The van der Waals surface area contributed by atoms with Crippen LogP contribution in [0.25, 0.3) is 0 Å². The molecule has 24 heavy (non-hydrogen) atoms. The summed E-state index contributed by atoms with van der Waals surface area (Å²) in [6, 6.07) is 0. The fourth-order valence-corrected chi connectivity index (χ4v) is 4.07. The molecule has 0 unspecified atom stereocenters. The van der Waals surface area contributed by atoms with Crippen LogP contribution >= 0.6 is 0 Å². The summed E-state index contributed by atoms with van der Waals surface area (Å²) >= 11 is 0. The summed E-state index contributed by atoms with van der Waals surface area (Å²) in [7, 11) is -0.822. The molecule has 0 bridgehead atoms. The standard InChI is InChI=1S/C19H32BFO3/c1-18(2)19(3,4)24-20(23-18)17(21)16-7-5-14(6-8-16)13-15-9-11-22-12-10-15/h14-15H,5-13H2,1-4H3. The van der Waals surface area contributed by atoms with Gasteiger partial charge in [-0.05, 0) is 90.0 Å². The Morgan fingerprint density at radius 3 is 2.00 bits per heavy atom. The van der Waals surface area contributed by atoms with Crippen LogP contribution < -0.4 is 0 Å². The first kappa shape index (κ1) is 18.4. The smallest absolute Gasteiger partial charge is 0.398 e. The molecule has 3 nitrogen and oxygen atoms in total. The van der Waals surface area contributed by atoms with Gasteiger partial charge >= 0.3 is 7.12 Å². The highest BCUT2D eigenvalue weighted by Gasteiger charge is 2.53. The van der Waals surface area contributed by atoms with Crippen LogP contribution in [0.15, 0.2) is 11.3 Å². The Labute approximate surface area is 146 Å². The van der Waals surface area contributed by atoms with Gasteiger partial charge in [0.1, 0.15) is 5.73 Å². The molecule has 0 aromatic rings. The van der Waals surface area contributed by atoms with E-state index in [1.54, 1.807) is 0 Å². The molecule has 1 aliphatic carbocycles. The number of halogens is 1. The van der Waals surface area contributed by atoms with E-state index in [1.807, 2.05) is 27.7 Å². The topological polar surface area (TPSA) is 27.7 Å². The second-order valence-corrected chi connectivity index (χ2v) is 8.77. The fraction of sp³-hybridized carbons (Fsp3) is 0.895. The molecule has 2 heterocycles. The zero-order valence-corrected chi connectivity index (χ0v) is 15.7. The number of allylic oxidation sites excluding steroid dienone is 1. The monoisotopic (exact) mass is 338 g/mol. The van der Waals surface area contributed by atoms with Gasteiger partial charge in [0.15, 0.2) is 0 Å². The van der Waals surface area contributed by atoms with Gasteiger partial charge in [0.2, 0.25) is 0 Å². The summed E-state index contributed by atoms with van der Waals surface area (Å²) in [6.45, 7) is 9.70. The molecule has 3 rings (SSSR count). The molecule has 0 aromatic heterocycles. The van der Waals surface area contributed by atoms with Crippen LogP contribution in [0, 0.1) is 11.8 Å². The van der Waals surface area contributed by atoms with Gasteiger partial charge < -0.3 is 14.0 Å². The molecule has 0 N–H and O–H groups in total. The van der Waals surface area contributed by atoms with Gasteiger partial charge in [-0.1, -0.05) is 0 Å². The Bertz CT molecular complexity index is 457. The molecule has 0 radical (unpaired) electrons. The Morgan fingerprint density at radius 1 is 0.958 bits per heavy atom. The number of hydrogen-bond acceptors (Lipinski definition) is 3. The van der Waals surface area contributed by atoms with Gasteiger partial charge in [-0.15, -0.1) is 0 Å². The highest BCUT2D eigenvalue weighted by molar-refractivity contribution is 6.53. The predicted molar refractivity (Wildman–Crippen MR) is 94.3 cm³/mol. The third-order valence-electron chi connectivity index (χ3n) is 6.51. The SMILES string of the molecule is CC1(C)OB(C(F)=C2CCC(CC3CCOCC3)CC2)OC1(C)C. The van der Waals surface area contributed by atoms with E-state index in [2.05, 4.69) is 0 Å². The molecular weight excluding hydrogens is 306 g/mol. The minimum absolute atomic E-state index is 0.168. The summed E-state index contributed by atoms with van der Waals surface area (Å²) in [5, 5.41) is 0. The largest absolute Gasteiger partial charge is 0.525 e. The molecule has 0 atom stereocenters. The molecule has 2 saturated heterocycles. The summed E-state index contributed by atoms with van der Waals surface area (Å²) in [6.07, 6.45) is 7.57. The lowest BCUT2D eigenvalue weighted by atomic mass is 9.75. The molecular formula is C19H32BFO3. The number of ether oxygens (including phenoxy) is 1. The van der Waals surface area contributed by atoms with Crippen LogP contribution in [-0.4, -0.2) is 31.5 Å². The van der Waals surface area contributed by atoms with E-state index in [0.29, 0.717) is 0 Å². The Morgan fingerprint density at radius 2 is 1.46 bits per heavy atom. The van der Waals surface area contributed by atoms with E-state index >= 15 is 0 Å². The van der Waals surface area contributed by atoms with Gasteiger partial charge in [-0.3, -0.25) is 0 Å². The first-order valence-electron chi connectivity index (χ1n) is 9.59. The number of rotatable bonds is 3. The van der Waals surface area contributed by atoms with Crippen LogP contribution in [0.1, 0.15) is 72.6 Å². The minimum atomic E-state index is -0.822. The van der Waals surface area contributed by atoms with E-state index < -0.39 is 18.3 Å². The van der Waals surface area contributed by atoms with Crippen molar-refractivity contribution in [2.75, 3.05) is 13.2 Å². The summed E-state index contributed by atoms with van der Waals surface area (Å²) in [4.78, 5) is 0. The Hall–Kier alpha value is -0.385. The highest BCUT2D eigenvalue weighted by Crippen LogP contribution is 2.42. The molecule has 136 valence electrons. The zero-order valence-electron chi connectivity index (χ0n) is 15.7. The zero-order chi connectivity index (χ0) is 17.4. The lowest BCUT2D eigenvalue weighted by Gasteiger charge is -2.32. The normalized spacial score (nSPS) is 30.6. The molecule has 1 saturated carbocycles. The second-order valence-electron chi connectivity index (χ2n) is 8.77. The maximum atomic E-state index is 14.9.